The zero-order chi connectivity index (χ0) is 13.2. The second-order valence-corrected chi connectivity index (χ2v) is 4.84. The molecule has 0 aliphatic carbocycles. The number of hydrogen-bond acceptors (Lipinski definition) is 5. The minimum absolute atomic E-state index is 0.0398. The van der Waals surface area contributed by atoms with Crippen LogP contribution in [-0.2, 0) is 20.1 Å². The molecular formula is C12H20ClNO3S. The summed E-state index contributed by atoms with van der Waals surface area (Å²) in [6.07, 6.45) is 0.936. The van der Waals surface area contributed by atoms with Gasteiger partial charge in [0.15, 0.2) is 0 Å². The SMILES string of the molecule is CCC(OCCOCCOC)c1nc(CCl)cs1. The molecule has 1 rings (SSSR count). The summed E-state index contributed by atoms with van der Waals surface area (Å²) in [5.74, 6) is 0.451. The van der Waals surface area contributed by atoms with Crippen LogP contribution in [0.5, 0.6) is 0 Å². The Morgan fingerprint density at radius 1 is 1.33 bits per heavy atom. The first-order valence-corrected chi connectivity index (χ1v) is 7.41. The van der Waals surface area contributed by atoms with Gasteiger partial charge < -0.3 is 14.2 Å². The Morgan fingerprint density at radius 2 is 2.11 bits per heavy atom. The first kappa shape index (κ1) is 15.9. The highest BCUT2D eigenvalue weighted by molar-refractivity contribution is 7.09. The van der Waals surface area contributed by atoms with Crippen molar-refractivity contribution in [1.29, 1.82) is 0 Å². The fraction of sp³-hybridized carbons (Fsp3) is 0.750. The molecule has 6 heteroatoms. The van der Waals surface area contributed by atoms with Crippen molar-refractivity contribution in [3.8, 4) is 0 Å². The minimum Gasteiger partial charge on any atom is -0.382 e. The molecular weight excluding hydrogens is 274 g/mol. The molecule has 0 amide bonds. The molecule has 0 aliphatic rings. The summed E-state index contributed by atoms with van der Waals surface area (Å²) >= 11 is 7.33. The first-order valence-electron chi connectivity index (χ1n) is 6.00. The van der Waals surface area contributed by atoms with E-state index in [1.807, 2.05) is 5.38 Å². The summed E-state index contributed by atoms with van der Waals surface area (Å²) in [6.45, 7) is 4.44. The van der Waals surface area contributed by atoms with Crippen LogP contribution in [0.2, 0.25) is 0 Å². The molecule has 0 saturated carbocycles. The average Bonchev–Trinajstić information content (AvgIpc) is 2.87. The molecule has 1 unspecified atom stereocenters. The number of ether oxygens (including phenoxy) is 3. The highest BCUT2D eigenvalue weighted by Gasteiger charge is 2.13. The maximum atomic E-state index is 5.75. The molecule has 0 spiro atoms. The van der Waals surface area contributed by atoms with Crippen LogP contribution in [0.25, 0.3) is 0 Å². The largest absolute Gasteiger partial charge is 0.382 e. The number of methoxy groups -OCH3 is 1. The van der Waals surface area contributed by atoms with Crippen LogP contribution < -0.4 is 0 Å². The quantitative estimate of drug-likeness (QED) is 0.491. The zero-order valence-corrected chi connectivity index (χ0v) is 12.4. The average molecular weight is 294 g/mol. The number of alkyl halides is 1. The van der Waals surface area contributed by atoms with E-state index in [9.17, 15) is 0 Å². The smallest absolute Gasteiger partial charge is 0.122 e. The Bertz CT molecular complexity index is 322. The number of nitrogens with zero attached hydrogens (tertiary/aromatic N) is 1. The summed E-state index contributed by atoms with van der Waals surface area (Å²) in [7, 11) is 1.66. The van der Waals surface area contributed by atoms with Crippen LogP contribution in [0.1, 0.15) is 30.2 Å². The van der Waals surface area contributed by atoms with Gasteiger partial charge in [-0.3, -0.25) is 0 Å². The van der Waals surface area contributed by atoms with Crippen molar-refractivity contribution in [3.63, 3.8) is 0 Å². The molecule has 1 aromatic heterocycles. The van der Waals surface area contributed by atoms with Gasteiger partial charge >= 0.3 is 0 Å². The number of hydrogen-bond donors (Lipinski definition) is 0. The zero-order valence-electron chi connectivity index (χ0n) is 10.9. The molecule has 0 bridgehead atoms. The summed E-state index contributed by atoms with van der Waals surface area (Å²) in [5, 5.41) is 2.97. The van der Waals surface area contributed by atoms with Crippen LogP contribution in [-0.4, -0.2) is 38.5 Å². The summed E-state index contributed by atoms with van der Waals surface area (Å²) < 4.78 is 16.0. The molecule has 104 valence electrons. The number of aromatic nitrogens is 1. The molecule has 0 aromatic carbocycles. The van der Waals surface area contributed by atoms with Crippen molar-refractivity contribution in [2.75, 3.05) is 33.5 Å². The predicted octanol–water partition coefficient (Wildman–Crippen LogP) is 3.01. The van der Waals surface area contributed by atoms with E-state index in [0.29, 0.717) is 32.3 Å². The second kappa shape index (κ2) is 9.69. The Morgan fingerprint density at radius 3 is 2.72 bits per heavy atom. The van der Waals surface area contributed by atoms with Gasteiger partial charge in [-0.2, -0.15) is 0 Å². The van der Waals surface area contributed by atoms with Crippen molar-refractivity contribution in [2.24, 2.45) is 0 Å². The molecule has 0 radical (unpaired) electrons. The van der Waals surface area contributed by atoms with Crippen LogP contribution in [0, 0.1) is 0 Å². The Labute approximate surface area is 117 Å². The van der Waals surface area contributed by atoms with Gasteiger partial charge in [0.25, 0.3) is 0 Å². The fourth-order valence-corrected chi connectivity index (χ4v) is 2.57. The summed E-state index contributed by atoms with van der Waals surface area (Å²) in [5.41, 5.74) is 0.912. The highest BCUT2D eigenvalue weighted by Crippen LogP contribution is 2.24. The van der Waals surface area contributed by atoms with Gasteiger partial charge in [-0.25, -0.2) is 4.98 Å². The molecule has 0 fully saturated rings. The molecule has 18 heavy (non-hydrogen) atoms. The lowest BCUT2D eigenvalue weighted by atomic mass is 10.3. The third-order valence-corrected chi connectivity index (χ3v) is 3.59. The van der Waals surface area contributed by atoms with Crippen molar-refractivity contribution in [3.05, 3.63) is 16.1 Å². The van der Waals surface area contributed by atoms with Gasteiger partial charge in [-0.05, 0) is 6.42 Å². The molecule has 0 N–H and O–H groups in total. The van der Waals surface area contributed by atoms with Gasteiger partial charge in [-0.15, -0.1) is 22.9 Å². The van der Waals surface area contributed by atoms with Crippen LogP contribution in [0.15, 0.2) is 5.38 Å². The number of rotatable bonds is 10. The van der Waals surface area contributed by atoms with Gasteiger partial charge in [0.05, 0.1) is 38.0 Å². The fourth-order valence-electron chi connectivity index (χ4n) is 1.39. The van der Waals surface area contributed by atoms with Crippen molar-refractivity contribution >= 4 is 22.9 Å². The van der Waals surface area contributed by atoms with E-state index in [-0.39, 0.29) is 6.10 Å². The van der Waals surface area contributed by atoms with E-state index in [1.165, 1.54) is 0 Å². The predicted molar refractivity (Wildman–Crippen MR) is 73.4 cm³/mol. The van der Waals surface area contributed by atoms with E-state index < -0.39 is 0 Å². The van der Waals surface area contributed by atoms with Crippen LogP contribution in [0.4, 0.5) is 0 Å². The van der Waals surface area contributed by atoms with Crippen LogP contribution >= 0.6 is 22.9 Å². The van der Waals surface area contributed by atoms with E-state index in [0.717, 1.165) is 17.1 Å². The molecule has 0 saturated heterocycles. The molecule has 4 nitrogen and oxygen atoms in total. The second-order valence-electron chi connectivity index (χ2n) is 3.68. The Hall–Kier alpha value is -0.200. The van der Waals surface area contributed by atoms with Crippen molar-refractivity contribution in [1.82, 2.24) is 4.98 Å². The summed E-state index contributed by atoms with van der Waals surface area (Å²) in [4.78, 5) is 4.43. The lowest BCUT2D eigenvalue weighted by molar-refractivity contribution is -0.00855. The number of halogens is 1. The van der Waals surface area contributed by atoms with Gasteiger partial charge in [0, 0.05) is 12.5 Å². The lowest BCUT2D eigenvalue weighted by Crippen LogP contribution is -2.11. The number of thiazole rings is 1. The third-order valence-electron chi connectivity index (χ3n) is 2.33. The molecule has 0 aliphatic heterocycles. The third kappa shape index (κ3) is 5.63. The van der Waals surface area contributed by atoms with Gasteiger partial charge in [0.2, 0.25) is 0 Å². The van der Waals surface area contributed by atoms with E-state index in [2.05, 4.69) is 11.9 Å². The standard InChI is InChI=1S/C12H20ClNO3S/c1-3-11(12-14-10(8-13)9-18-12)17-7-6-16-5-4-15-2/h9,11H,3-8H2,1-2H3. The van der Waals surface area contributed by atoms with Crippen molar-refractivity contribution in [2.45, 2.75) is 25.3 Å². The molecule has 1 atom stereocenters. The van der Waals surface area contributed by atoms with E-state index >= 15 is 0 Å². The van der Waals surface area contributed by atoms with E-state index in [4.69, 9.17) is 25.8 Å². The van der Waals surface area contributed by atoms with Gasteiger partial charge in [0.1, 0.15) is 11.1 Å². The van der Waals surface area contributed by atoms with E-state index in [1.54, 1.807) is 18.4 Å². The van der Waals surface area contributed by atoms with Crippen molar-refractivity contribution < 1.29 is 14.2 Å². The molecule has 1 heterocycles. The topological polar surface area (TPSA) is 40.6 Å². The Kier molecular flexibility index (Phi) is 8.54. The maximum Gasteiger partial charge on any atom is 0.122 e. The van der Waals surface area contributed by atoms with Crippen LogP contribution in [0.3, 0.4) is 0 Å². The maximum absolute atomic E-state index is 5.75. The first-order chi connectivity index (χ1) is 8.81. The molecule has 1 aromatic rings. The normalized spacial score (nSPS) is 12.8. The Balaban J connectivity index is 2.25. The monoisotopic (exact) mass is 293 g/mol. The minimum atomic E-state index is 0.0398. The lowest BCUT2D eigenvalue weighted by Gasteiger charge is -2.13. The van der Waals surface area contributed by atoms with Gasteiger partial charge in [-0.1, -0.05) is 6.92 Å². The summed E-state index contributed by atoms with van der Waals surface area (Å²) in [6, 6.07) is 0. The highest BCUT2D eigenvalue weighted by atomic mass is 35.5.